The largest absolute Gasteiger partial charge is 0.507 e. The first-order chi connectivity index (χ1) is 16.1. The molecule has 2 aromatic carbocycles. The van der Waals surface area contributed by atoms with E-state index in [1.165, 1.54) is 19.1 Å². The van der Waals surface area contributed by atoms with E-state index in [9.17, 15) is 14.7 Å². The summed E-state index contributed by atoms with van der Waals surface area (Å²) in [6.45, 7) is 4.55. The molecule has 1 aliphatic rings. The highest BCUT2D eigenvalue weighted by Gasteiger charge is 2.46. The number of aryl methyl sites for hydroxylation is 2. The molecule has 0 spiro atoms. The fourth-order valence-electron chi connectivity index (χ4n) is 4.20. The second-order valence-corrected chi connectivity index (χ2v) is 8.55. The Labute approximate surface area is 200 Å². The Bertz CT molecular complexity index is 1140. The van der Waals surface area contributed by atoms with Crippen molar-refractivity contribution in [2.75, 3.05) is 48.5 Å². The summed E-state index contributed by atoms with van der Waals surface area (Å²) in [5.41, 5.74) is 2.70. The Hall–Kier alpha value is -3.52. The number of Topliss-reactive ketones (excluding diaryl/α,β-unsaturated/α-hetero) is 1. The number of benzene rings is 2. The van der Waals surface area contributed by atoms with Gasteiger partial charge in [0.1, 0.15) is 11.5 Å². The average molecular weight is 469 g/mol. The number of carbonyl (C=O) groups is 2. The van der Waals surface area contributed by atoms with Crippen LogP contribution >= 0.6 is 0 Å². The van der Waals surface area contributed by atoms with Gasteiger partial charge in [-0.3, -0.25) is 9.59 Å². The van der Waals surface area contributed by atoms with E-state index in [2.05, 4.69) is 0 Å². The normalized spacial score (nSPS) is 17.4. The van der Waals surface area contributed by atoms with Crippen LogP contribution in [0.5, 0.6) is 17.2 Å². The number of methoxy groups -OCH3 is 3. The van der Waals surface area contributed by atoms with Crippen LogP contribution in [0.4, 0.5) is 0 Å². The first-order valence-corrected chi connectivity index (χ1v) is 10.9. The minimum absolute atomic E-state index is 0.0450. The quantitative estimate of drug-likeness (QED) is 0.361. The second kappa shape index (κ2) is 10.2. The van der Waals surface area contributed by atoms with Gasteiger partial charge in [-0.05, 0) is 68.9 Å². The molecule has 8 nitrogen and oxygen atoms in total. The molecule has 8 heteroatoms. The molecule has 1 atom stereocenters. The topological polar surface area (TPSA) is 88.5 Å². The van der Waals surface area contributed by atoms with E-state index >= 15 is 0 Å². The molecule has 1 unspecified atom stereocenters. The van der Waals surface area contributed by atoms with E-state index in [1.807, 2.05) is 32.8 Å². The zero-order valence-corrected chi connectivity index (χ0v) is 20.8. The summed E-state index contributed by atoms with van der Waals surface area (Å²) in [6, 6.07) is 8.03. The monoisotopic (exact) mass is 468 g/mol. The maximum absolute atomic E-state index is 13.3. The van der Waals surface area contributed by atoms with E-state index in [0.717, 1.165) is 11.1 Å². The minimum Gasteiger partial charge on any atom is -0.507 e. The second-order valence-electron chi connectivity index (χ2n) is 8.55. The lowest BCUT2D eigenvalue weighted by Gasteiger charge is -2.27. The maximum Gasteiger partial charge on any atom is 0.295 e. The highest BCUT2D eigenvalue weighted by molar-refractivity contribution is 6.46. The number of amides is 1. The Morgan fingerprint density at radius 3 is 2.18 bits per heavy atom. The van der Waals surface area contributed by atoms with Crippen LogP contribution < -0.4 is 14.2 Å². The van der Waals surface area contributed by atoms with Gasteiger partial charge in [0.25, 0.3) is 11.7 Å². The molecule has 1 aliphatic heterocycles. The summed E-state index contributed by atoms with van der Waals surface area (Å²) in [5, 5.41) is 11.4. The van der Waals surface area contributed by atoms with Crippen molar-refractivity contribution < 1.29 is 28.9 Å². The predicted octanol–water partition coefficient (Wildman–Crippen LogP) is 3.31. The maximum atomic E-state index is 13.3. The Kier molecular flexibility index (Phi) is 7.51. The number of aliphatic hydroxyl groups is 1. The highest BCUT2D eigenvalue weighted by atomic mass is 16.5. The van der Waals surface area contributed by atoms with Crippen molar-refractivity contribution in [1.82, 2.24) is 9.80 Å². The number of nitrogens with zero attached hydrogens (tertiary/aromatic N) is 2. The molecule has 1 saturated heterocycles. The average Bonchev–Trinajstić information content (AvgIpc) is 3.07. The van der Waals surface area contributed by atoms with Gasteiger partial charge in [-0.2, -0.15) is 0 Å². The van der Waals surface area contributed by atoms with Crippen LogP contribution in [0, 0.1) is 13.8 Å². The molecule has 1 N–H and O–H groups in total. The van der Waals surface area contributed by atoms with Crippen molar-refractivity contribution >= 4 is 17.4 Å². The molecule has 1 heterocycles. The number of rotatable bonds is 8. The van der Waals surface area contributed by atoms with Gasteiger partial charge in [0.15, 0.2) is 11.5 Å². The summed E-state index contributed by atoms with van der Waals surface area (Å²) < 4.78 is 16.2. The van der Waals surface area contributed by atoms with Crippen LogP contribution in [0.25, 0.3) is 5.76 Å². The zero-order valence-electron chi connectivity index (χ0n) is 20.8. The van der Waals surface area contributed by atoms with Crippen molar-refractivity contribution in [3.8, 4) is 17.2 Å². The van der Waals surface area contributed by atoms with Gasteiger partial charge in [-0.1, -0.05) is 6.07 Å². The van der Waals surface area contributed by atoms with E-state index < -0.39 is 17.7 Å². The summed E-state index contributed by atoms with van der Waals surface area (Å²) in [4.78, 5) is 29.8. The summed E-state index contributed by atoms with van der Waals surface area (Å²) >= 11 is 0. The van der Waals surface area contributed by atoms with Crippen LogP contribution in [-0.4, -0.2) is 75.1 Å². The molecule has 2 aromatic rings. The number of hydrogen-bond acceptors (Lipinski definition) is 7. The number of hydrogen-bond donors (Lipinski definition) is 1. The Morgan fingerprint density at radius 1 is 0.941 bits per heavy atom. The lowest BCUT2D eigenvalue weighted by molar-refractivity contribution is -0.140. The smallest absolute Gasteiger partial charge is 0.295 e. The molecule has 0 saturated carbocycles. The van der Waals surface area contributed by atoms with Crippen molar-refractivity contribution in [2.45, 2.75) is 19.9 Å². The number of ether oxygens (including phenoxy) is 3. The molecule has 0 bridgehead atoms. The molecule has 182 valence electrons. The molecular weight excluding hydrogens is 436 g/mol. The molecule has 1 amide bonds. The van der Waals surface area contributed by atoms with Crippen LogP contribution in [0.2, 0.25) is 0 Å². The molecule has 34 heavy (non-hydrogen) atoms. The number of carbonyl (C=O) groups excluding carboxylic acids is 2. The van der Waals surface area contributed by atoms with Gasteiger partial charge >= 0.3 is 0 Å². The summed E-state index contributed by atoms with van der Waals surface area (Å²) in [7, 11) is 8.43. The zero-order chi connectivity index (χ0) is 25.2. The third-order valence-corrected chi connectivity index (χ3v) is 6.05. The van der Waals surface area contributed by atoms with Crippen LogP contribution in [0.1, 0.15) is 28.3 Å². The fourth-order valence-corrected chi connectivity index (χ4v) is 4.20. The highest BCUT2D eigenvalue weighted by Crippen LogP contribution is 2.42. The van der Waals surface area contributed by atoms with Crippen molar-refractivity contribution in [2.24, 2.45) is 0 Å². The summed E-state index contributed by atoms with van der Waals surface area (Å²) in [5.74, 6) is 0.0911. The first-order valence-electron chi connectivity index (χ1n) is 10.9. The SMILES string of the molecule is COc1cc(C)c(/C(O)=C2\C(=O)C(=O)N(CCN(C)C)C2c2ccc(OC)c(OC)c2)cc1C. The number of ketones is 1. The molecule has 0 radical (unpaired) electrons. The van der Waals surface area contributed by atoms with Gasteiger partial charge in [-0.15, -0.1) is 0 Å². The van der Waals surface area contributed by atoms with Crippen molar-refractivity contribution in [3.05, 3.63) is 58.2 Å². The Morgan fingerprint density at radius 2 is 1.59 bits per heavy atom. The molecule has 3 rings (SSSR count). The van der Waals surface area contributed by atoms with Gasteiger partial charge in [0.2, 0.25) is 0 Å². The fraction of sp³-hybridized carbons (Fsp3) is 0.385. The van der Waals surface area contributed by atoms with Crippen LogP contribution in [0.3, 0.4) is 0 Å². The van der Waals surface area contributed by atoms with E-state index in [1.54, 1.807) is 37.4 Å². The molecule has 0 aliphatic carbocycles. The van der Waals surface area contributed by atoms with Crippen molar-refractivity contribution in [3.63, 3.8) is 0 Å². The third-order valence-electron chi connectivity index (χ3n) is 6.05. The van der Waals surface area contributed by atoms with Gasteiger partial charge in [0, 0.05) is 18.7 Å². The molecular formula is C26H32N2O6. The number of likely N-dealkylation sites (tertiary alicyclic amines) is 1. The van der Waals surface area contributed by atoms with Gasteiger partial charge in [-0.25, -0.2) is 0 Å². The number of aliphatic hydroxyl groups excluding tert-OH is 1. The van der Waals surface area contributed by atoms with Crippen molar-refractivity contribution in [1.29, 1.82) is 0 Å². The van der Waals surface area contributed by atoms with E-state index in [0.29, 0.717) is 41.5 Å². The third kappa shape index (κ3) is 4.59. The Balaban J connectivity index is 2.24. The predicted molar refractivity (Wildman–Crippen MR) is 130 cm³/mol. The first kappa shape index (κ1) is 25.1. The van der Waals surface area contributed by atoms with Crippen LogP contribution in [0.15, 0.2) is 35.9 Å². The van der Waals surface area contributed by atoms with Gasteiger partial charge in [0.05, 0.1) is 32.9 Å². The van der Waals surface area contributed by atoms with E-state index in [-0.39, 0.29) is 11.3 Å². The molecule has 0 aromatic heterocycles. The standard InChI is InChI=1S/C26H32N2O6/c1-15-13-20(33-6)16(2)12-18(15)24(29)22-23(17-8-9-19(32-5)21(14-17)34-7)28(11-10-27(3)4)26(31)25(22)30/h8-9,12-14,23,29H,10-11H2,1-7H3/b24-22+. The van der Waals surface area contributed by atoms with E-state index in [4.69, 9.17) is 14.2 Å². The lowest BCUT2D eigenvalue weighted by Crippen LogP contribution is -2.35. The van der Waals surface area contributed by atoms with Crippen LogP contribution in [-0.2, 0) is 9.59 Å². The summed E-state index contributed by atoms with van der Waals surface area (Å²) in [6.07, 6.45) is 0. The number of likely N-dealkylation sites (N-methyl/N-ethyl adjacent to an activating group) is 1. The minimum atomic E-state index is -0.776. The van der Waals surface area contributed by atoms with Gasteiger partial charge < -0.3 is 29.1 Å². The lowest BCUT2D eigenvalue weighted by atomic mass is 9.93. The molecule has 1 fully saturated rings.